The van der Waals surface area contributed by atoms with E-state index in [9.17, 15) is 13.2 Å². The zero-order valence-corrected chi connectivity index (χ0v) is 16.2. The van der Waals surface area contributed by atoms with Crippen LogP contribution in [-0.2, 0) is 4.74 Å². The first-order valence-electron chi connectivity index (χ1n) is 9.76. The van der Waals surface area contributed by atoms with Crippen molar-refractivity contribution in [3.63, 3.8) is 0 Å². The van der Waals surface area contributed by atoms with Crippen molar-refractivity contribution in [2.75, 3.05) is 20.3 Å². The van der Waals surface area contributed by atoms with Crippen LogP contribution in [-0.4, -0.2) is 32.2 Å². The number of piperidine rings is 1. The summed E-state index contributed by atoms with van der Waals surface area (Å²) in [5.41, 5.74) is 1.45. The fourth-order valence-electron chi connectivity index (χ4n) is 4.64. The average molecular weight is 407 g/mol. The molecule has 7 heteroatoms. The minimum atomic E-state index is -4.73. The van der Waals surface area contributed by atoms with Crippen LogP contribution in [0.5, 0.6) is 11.5 Å². The first kappa shape index (κ1) is 20.0. The molecule has 0 aliphatic carbocycles. The van der Waals surface area contributed by atoms with Crippen molar-refractivity contribution in [2.24, 2.45) is 0 Å². The van der Waals surface area contributed by atoms with Gasteiger partial charge in [0.2, 0.25) is 0 Å². The van der Waals surface area contributed by atoms with Crippen LogP contribution in [0.15, 0.2) is 48.5 Å². The van der Waals surface area contributed by atoms with Crippen LogP contribution in [0.25, 0.3) is 0 Å². The van der Waals surface area contributed by atoms with E-state index in [4.69, 9.17) is 9.47 Å². The van der Waals surface area contributed by atoms with Crippen LogP contribution in [0.2, 0.25) is 0 Å². The molecule has 4 nitrogen and oxygen atoms in total. The second-order valence-corrected chi connectivity index (χ2v) is 7.63. The molecule has 2 heterocycles. The minimum Gasteiger partial charge on any atom is -0.496 e. The smallest absolute Gasteiger partial charge is 0.496 e. The molecule has 1 spiro atoms. The Kier molecular flexibility index (Phi) is 5.44. The second-order valence-electron chi connectivity index (χ2n) is 7.63. The monoisotopic (exact) mass is 407 g/mol. The number of alkyl halides is 3. The third-order valence-electron chi connectivity index (χ3n) is 5.82. The Morgan fingerprint density at radius 3 is 2.66 bits per heavy atom. The topological polar surface area (TPSA) is 39.7 Å². The lowest BCUT2D eigenvalue weighted by molar-refractivity contribution is -0.274. The molecule has 0 radical (unpaired) electrons. The Hall–Kier alpha value is -2.25. The van der Waals surface area contributed by atoms with Crippen molar-refractivity contribution in [1.82, 2.24) is 5.32 Å². The predicted molar refractivity (Wildman–Crippen MR) is 102 cm³/mol. The van der Waals surface area contributed by atoms with Gasteiger partial charge in [-0.25, -0.2) is 0 Å². The van der Waals surface area contributed by atoms with Crippen LogP contribution in [0.3, 0.4) is 0 Å². The second kappa shape index (κ2) is 7.88. The summed E-state index contributed by atoms with van der Waals surface area (Å²) in [7, 11) is 1.52. The van der Waals surface area contributed by atoms with E-state index in [0.29, 0.717) is 24.3 Å². The minimum absolute atomic E-state index is 0.0445. The molecular formula is C22H24F3NO3. The third kappa shape index (κ3) is 4.21. The molecule has 1 unspecified atom stereocenters. The number of rotatable bonds is 4. The Labute approximate surface area is 168 Å². The van der Waals surface area contributed by atoms with E-state index in [0.717, 1.165) is 24.9 Å². The highest BCUT2D eigenvalue weighted by Crippen LogP contribution is 2.50. The maximum absolute atomic E-state index is 12.7. The van der Waals surface area contributed by atoms with E-state index >= 15 is 0 Å². The van der Waals surface area contributed by atoms with E-state index in [2.05, 4.69) is 22.2 Å². The molecular weight excluding hydrogens is 383 g/mol. The van der Waals surface area contributed by atoms with Gasteiger partial charge in [0.25, 0.3) is 0 Å². The van der Waals surface area contributed by atoms with Crippen LogP contribution in [0.1, 0.15) is 42.3 Å². The number of benzene rings is 2. The summed E-state index contributed by atoms with van der Waals surface area (Å²) >= 11 is 0. The largest absolute Gasteiger partial charge is 0.573 e. The zero-order chi connectivity index (χ0) is 20.5. The lowest BCUT2D eigenvalue weighted by Gasteiger charge is -2.41. The Bertz CT molecular complexity index is 843. The van der Waals surface area contributed by atoms with Crippen LogP contribution in [0, 0.1) is 0 Å². The standard InChI is InChI=1S/C22H24F3NO3/c1-27-19-9-8-17(29-22(23,24)25)12-18(19)16-13-21(28-14-16)10-5-11-26-20(21)15-6-3-2-4-7-15/h2-4,6-9,12,16,20,26H,5,10-11,13-14H2,1H3/t16-,20+,21?/m1/s1. The molecule has 0 saturated carbocycles. The SMILES string of the molecule is COc1ccc(OC(F)(F)F)cc1[C@H]1COC2(CCCN[C@H]2c2ccccc2)C1. The summed E-state index contributed by atoms with van der Waals surface area (Å²) in [4.78, 5) is 0. The quantitative estimate of drug-likeness (QED) is 0.778. The lowest BCUT2D eigenvalue weighted by Crippen LogP contribution is -2.48. The van der Waals surface area contributed by atoms with Crippen molar-refractivity contribution >= 4 is 0 Å². The van der Waals surface area contributed by atoms with E-state index in [1.54, 1.807) is 0 Å². The molecule has 4 rings (SSSR count). The van der Waals surface area contributed by atoms with Crippen LogP contribution in [0.4, 0.5) is 13.2 Å². The summed E-state index contributed by atoms with van der Waals surface area (Å²) in [5.74, 6) is 0.230. The van der Waals surface area contributed by atoms with Gasteiger partial charge in [-0.2, -0.15) is 0 Å². The van der Waals surface area contributed by atoms with E-state index in [1.165, 1.54) is 25.3 Å². The number of ether oxygens (including phenoxy) is 3. The molecule has 2 aromatic carbocycles. The predicted octanol–water partition coefficient (Wildman–Crippen LogP) is 4.96. The van der Waals surface area contributed by atoms with Gasteiger partial charge in [-0.3, -0.25) is 0 Å². The highest BCUT2D eigenvalue weighted by Gasteiger charge is 2.49. The highest BCUT2D eigenvalue weighted by molar-refractivity contribution is 5.43. The normalized spacial score (nSPS) is 27.2. The molecule has 156 valence electrons. The number of hydrogen-bond donors (Lipinski definition) is 1. The van der Waals surface area contributed by atoms with Gasteiger partial charge >= 0.3 is 6.36 Å². The number of nitrogens with one attached hydrogen (secondary N) is 1. The summed E-state index contributed by atoms with van der Waals surface area (Å²) in [5, 5.41) is 3.58. The van der Waals surface area contributed by atoms with Crippen molar-refractivity contribution in [2.45, 2.75) is 43.2 Å². The molecule has 0 amide bonds. The molecule has 0 bridgehead atoms. The molecule has 2 saturated heterocycles. The molecule has 29 heavy (non-hydrogen) atoms. The van der Waals surface area contributed by atoms with Crippen LogP contribution < -0.4 is 14.8 Å². The zero-order valence-electron chi connectivity index (χ0n) is 16.2. The lowest BCUT2D eigenvalue weighted by atomic mass is 9.77. The summed E-state index contributed by atoms with van der Waals surface area (Å²) < 4.78 is 53.9. The first-order chi connectivity index (χ1) is 13.9. The van der Waals surface area contributed by atoms with Gasteiger partial charge in [0, 0.05) is 11.5 Å². The van der Waals surface area contributed by atoms with Gasteiger partial charge in [-0.1, -0.05) is 30.3 Å². The number of methoxy groups -OCH3 is 1. The van der Waals surface area contributed by atoms with Crippen molar-refractivity contribution in [3.05, 3.63) is 59.7 Å². The fraction of sp³-hybridized carbons (Fsp3) is 0.455. The van der Waals surface area contributed by atoms with Crippen LogP contribution >= 0.6 is 0 Å². The summed E-state index contributed by atoms with van der Waals surface area (Å²) in [6.07, 6.45) is -2.14. The van der Waals surface area contributed by atoms with Gasteiger partial charge in [-0.05, 0) is 49.6 Å². The maximum atomic E-state index is 12.7. The Balaban J connectivity index is 1.62. The molecule has 3 atom stereocenters. The highest BCUT2D eigenvalue weighted by atomic mass is 19.4. The van der Waals surface area contributed by atoms with Crippen molar-refractivity contribution < 1.29 is 27.4 Å². The Morgan fingerprint density at radius 2 is 1.93 bits per heavy atom. The molecule has 2 aromatic rings. The average Bonchev–Trinajstić information content (AvgIpc) is 3.12. The van der Waals surface area contributed by atoms with Crippen molar-refractivity contribution in [1.29, 1.82) is 0 Å². The first-order valence-corrected chi connectivity index (χ1v) is 9.76. The summed E-state index contributed by atoms with van der Waals surface area (Å²) in [6, 6.07) is 14.4. The molecule has 2 aliphatic heterocycles. The molecule has 0 aromatic heterocycles. The van der Waals surface area contributed by atoms with Gasteiger partial charge in [0.15, 0.2) is 0 Å². The molecule has 1 N–H and O–H groups in total. The van der Waals surface area contributed by atoms with E-state index in [1.807, 2.05) is 18.2 Å². The van der Waals surface area contributed by atoms with Gasteiger partial charge in [0.1, 0.15) is 11.5 Å². The van der Waals surface area contributed by atoms with Crippen molar-refractivity contribution in [3.8, 4) is 11.5 Å². The molecule has 2 aliphatic rings. The third-order valence-corrected chi connectivity index (χ3v) is 5.82. The van der Waals surface area contributed by atoms with E-state index < -0.39 is 12.0 Å². The maximum Gasteiger partial charge on any atom is 0.573 e. The number of halogens is 3. The number of hydrogen-bond acceptors (Lipinski definition) is 4. The fourth-order valence-corrected chi connectivity index (χ4v) is 4.64. The summed E-state index contributed by atoms with van der Waals surface area (Å²) in [6.45, 7) is 1.34. The Morgan fingerprint density at radius 1 is 1.14 bits per heavy atom. The molecule has 2 fully saturated rings. The van der Waals surface area contributed by atoms with Gasteiger partial charge in [-0.15, -0.1) is 13.2 Å². The van der Waals surface area contributed by atoms with E-state index in [-0.39, 0.29) is 17.7 Å². The van der Waals surface area contributed by atoms with Gasteiger partial charge < -0.3 is 19.5 Å². The van der Waals surface area contributed by atoms with Gasteiger partial charge in [0.05, 0.1) is 25.4 Å².